The Morgan fingerprint density at radius 1 is 1.00 bits per heavy atom. The molecule has 10 heteroatoms. The first kappa shape index (κ1) is 29.7. The molecule has 2 saturated heterocycles. The van der Waals surface area contributed by atoms with Crippen molar-refractivity contribution >= 4 is 29.0 Å². The number of ether oxygens (including phenoxy) is 1. The minimum absolute atomic E-state index is 0.298. The SMILES string of the molecule is Cc1ccc(NC(=O)c2ccnc(N3CCOCC3)c2)cc1N(O)C(=O)c1cccc(CNCCCN2CCCC2)c1. The summed E-state index contributed by atoms with van der Waals surface area (Å²) in [5.41, 5.74) is 3.28. The standard InChI is InChI=1S/C32H40N6O4/c1-24-8-9-28(35-31(39)26-10-12-34-30(21-26)37-16-18-42-19-17-37)22-29(24)38(41)32(40)27-7-4-6-25(20-27)23-33-11-5-15-36-13-2-3-14-36/h4,6-10,12,20-22,33,41H,2-3,5,11,13-19,23H2,1H3,(H,35,39). The summed E-state index contributed by atoms with van der Waals surface area (Å²) in [6.45, 7) is 9.58. The number of nitrogens with one attached hydrogen (secondary N) is 2. The van der Waals surface area contributed by atoms with E-state index in [4.69, 9.17) is 4.74 Å². The van der Waals surface area contributed by atoms with Gasteiger partial charge in [-0.05, 0) is 99.9 Å². The summed E-state index contributed by atoms with van der Waals surface area (Å²) >= 11 is 0. The lowest BCUT2D eigenvalue weighted by atomic mass is 10.1. The highest BCUT2D eigenvalue weighted by Gasteiger charge is 2.20. The van der Waals surface area contributed by atoms with Crippen LogP contribution < -0.4 is 20.6 Å². The van der Waals surface area contributed by atoms with E-state index in [0.29, 0.717) is 52.9 Å². The number of rotatable bonds is 11. The summed E-state index contributed by atoms with van der Waals surface area (Å²) in [6, 6.07) is 15.8. The first-order valence-electron chi connectivity index (χ1n) is 14.7. The van der Waals surface area contributed by atoms with Crippen molar-refractivity contribution in [1.82, 2.24) is 15.2 Å². The van der Waals surface area contributed by atoms with Gasteiger partial charge in [0.1, 0.15) is 5.82 Å². The molecule has 2 aliphatic rings. The molecule has 0 bridgehead atoms. The van der Waals surface area contributed by atoms with E-state index in [1.165, 1.54) is 25.9 Å². The second-order valence-corrected chi connectivity index (χ2v) is 10.9. The topological polar surface area (TPSA) is 110 Å². The monoisotopic (exact) mass is 572 g/mol. The highest BCUT2D eigenvalue weighted by Crippen LogP contribution is 2.26. The molecule has 0 unspecified atom stereocenters. The number of benzene rings is 2. The molecule has 0 saturated carbocycles. The molecule has 1 aromatic heterocycles. The number of carbonyl (C=O) groups is 2. The van der Waals surface area contributed by atoms with Crippen molar-refractivity contribution in [2.24, 2.45) is 0 Å². The molecular formula is C32H40N6O4. The molecule has 2 amide bonds. The number of nitrogens with zero attached hydrogens (tertiary/aromatic N) is 4. The maximum Gasteiger partial charge on any atom is 0.282 e. The average Bonchev–Trinajstić information content (AvgIpc) is 3.55. The van der Waals surface area contributed by atoms with Gasteiger partial charge in [-0.1, -0.05) is 18.2 Å². The molecule has 0 atom stereocenters. The molecule has 0 aliphatic carbocycles. The molecule has 2 aromatic carbocycles. The fourth-order valence-electron chi connectivity index (χ4n) is 5.36. The van der Waals surface area contributed by atoms with Crippen LogP contribution in [0.2, 0.25) is 0 Å². The van der Waals surface area contributed by atoms with Crippen LogP contribution in [0.4, 0.5) is 17.2 Å². The third-order valence-electron chi connectivity index (χ3n) is 7.76. The number of hydrogen-bond donors (Lipinski definition) is 3. The van der Waals surface area contributed by atoms with Crippen LogP contribution in [-0.4, -0.2) is 79.4 Å². The van der Waals surface area contributed by atoms with E-state index in [1.54, 1.807) is 55.6 Å². The molecule has 2 aliphatic heterocycles. The third-order valence-corrected chi connectivity index (χ3v) is 7.76. The Bertz CT molecular complexity index is 1370. The van der Waals surface area contributed by atoms with Gasteiger partial charge in [0.25, 0.3) is 11.8 Å². The maximum atomic E-state index is 13.3. The van der Waals surface area contributed by atoms with Gasteiger partial charge >= 0.3 is 0 Å². The van der Waals surface area contributed by atoms with Crippen molar-refractivity contribution in [2.45, 2.75) is 32.7 Å². The van der Waals surface area contributed by atoms with Crippen molar-refractivity contribution in [3.8, 4) is 0 Å². The molecule has 0 spiro atoms. The molecule has 222 valence electrons. The number of hydroxylamine groups is 1. The highest BCUT2D eigenvalue weighted by molar-refractivity contribution is 6.07. The zero-order chi connectivity index (χ0) is 29.3. The van der Waals surface area contributed by atoms with E-state index in [9.17, 15) is 14.8 Å². The predicted octanol–water partition coefficient (Wildman–Crippen LogP) is 4.09. The van der Waals surface area contributed by atoms with Crippen molar-refractivity contribution in [2.75, 3.05) is 67.8 Å². The highest BCUT2D eigenvalue weighted by atomic mass is 16.5. The summed E-state index contributed by atoms with van der Waals surface area (Å²) in [6.07, 6.45) is 5.31. The van der Waals surface area contributed by atoms with Crippen molar-refractivity contribution in [1.29, 1.82) is 0 Å². The number of aromatic nitrogens is 1. The largest absolute Gasteiger partial charge is 0.378 e. The smallest absolute Gasteiger partial charge is 0.282 e. The third kappa shape index (κ3) is 7.71. The van der Waals surface area contributed by atoms with Crippen LogP contribution in [0.1, 0.15) is 51.1 Å². The number of carbonyl (C=O) groups excluding carboxylic acids is 2. The predicted molar refractivity (Wildman–Crippen MR) is 163 cm³/mol. The first-order valence-corrected chi connectivity index (χ1v) is 14.7. The minimum Gasteiger partial charge on any atom is -0.378 e. The lowest BCUT2D eigenvalue weighted by Crippen LogP contribution is -2.36. The van der Waals surface area contributed by atoms with Crippen LogP contribution in [0, 0.1) is 6.92 Å². The fourth-order valence-corrected chi connectivity index (χ4v) is 5.36. The molecule has 3 aromatic rings. The van der Waals surface area contributed by atoms with Gasteiger partial charge in [0.05, 0.1) is 18.9 Å². The van der Waals surface area contributed by atoms with Crippen LogP contribution in [0.3, 0.4) is 0 Å². The number of hydrogen-bond acceptors (Lipinski definition) is 8. The van der Waals surface area contributed by atoms with E-state index < -0.39 is 5.91 Å². The summed E-state index contributed by atoms with van der Waals surface area (Å²) in [5.74, 6) is -0.123. The molecule has 3 heterocycles. The van der Waals surface area contributed by atoms with Gasteiger partial charge in [-0.15, -0.1) is 0 Å². The van der Waals surface area contributed by atoms with Gasteiger partial charge in [0, 0.05) is 42.6 Å². The summed E-state index contributed by atoms with van der Waals surface area (Å²) < 4.78 is 5.41. The second-order valence-electron chi connectivity index (χ2n) is 10.9. The summed E-state index contributed by atoms with van der Waals surface area (Å²) in [5, 5.41) is 17.9. The Morgan fingerprint density at radius 3 is 2.62 bits per heavy atom. The Labute approximate surface area is 247 Å². The van der Waals surface area contributed by atoms with Crippen LogP contribution in [0.15, 0.2) is 60.8 Å². The molecule has 2 fully saturated rings. The van der Waals surface area contributed by atoms with Crippen molar-refractivity contribution in [3.05, 3.63) is 83.0 Å². The van der Waals surface area contributed by atoms with E-state index in [0.717, 1.165) is 44.0 Å². The molecule has 10 nitrogen and oxygen atoms in total. The zero-order valence-corrected chi connectivity index (χ0v) is 24.2. The van der Waals surface area contributed by atoms with Crippen molar-refractivity contribution < 1.29 is 19.5 Å². The van der Waals surface area contributed by atoms with Gasteiger partial charge in [-0.25, -0.2) is 4.98 Å². The number of aryl methyl sites for hydroxylation is 1. The van der Waals surface area contributed by atoms with Crippen LogP contribution >= 0.6 is 0 Å². The van der Waals surface area contributed by atoms with E-state index in [2.05, 4.69) is 25.4 Å². The van der Waals surface area contributed by atoms with Crippen molar-refractivity contribution in [3.63, 3.8) is 0 Å². The number of amides is 2. The molecule has 0 radical (unpaired) electrons. The minimum atomic E-state index is -0.540. The quantitative estimate of drug-likeness (QED) is 0.179. The van der Waals surface area contributed by atoms with E-state index >= 15 is 0 Å². The number of anilines is 3. The van der Waals surface area contributed by atoms with Crippen LogP contribution in [-0.2, 0) is 11.3 Å². The second kappa shape index (κ2) is 14.4. The number of pyridine rings is 1. The summed E-state index contributed by atoms with van der Waals surface area (Å²) in [7, 11) is 0. The van der Waals surface area contributed by atoms with E-state index in [-0.39, 0.29) is 5.91 Å². The molecule has 42 heavy (non-hydrogen) atoms. The van der Waals surface area contributed by atoms with E-state index in [1.807, 2.05) is 12.1 Å². The number of morpholine rings is 1. The Hall–Kier alpha value is -3.83. The number of likely N-dealkylation sites (tertiary alicyclic amines) is 1. The van der Waals surface area contributed by atoms with Gasteiger partial charge < -0.3 is 25.2 Å². The maximum absolute atomic E-state index is 13.3. The Balaban J connectivity index is 1.19. The van der Waals surface area contributed by atoms with Gasteiger partial charge in [0.2, 0.25) is 0 Å². The zero-order valence-electron chi connectivity index (χ0n) is 24.2. The van der Waals surface area contributed by atoms with Crippen LogP contribution in [0.5, 0.6) is 0 Å². The van der Waals surface area contributed by atoms with Gasteiger partial charge in [-0.3, -0.25) is 14.8 Å². The molecule has 3 N–H and O–H groups in total. The summed E-state index contributed by atoms with van der Waals surface area (Å²) in [4.78, 5) is 35.3. The molecule has 5 rings (SSSR count). The van der Waals surface area contributed by atoms with Gasteiger partial charge in [0.15, 0.2) is 0 Å². The molecular weight excluding hydrogens is 532 g/mol. The van der Waals surface area contributed by atoms with Gasteiger partial charge in [-0.2, -0.15) is 5.06 Å². The van der Waals surface area contributed by atoms with Crippen LogP contribution in [0.25, 0.3) is 0 Å². The normalized spacial score (nSPS) is 15.5. The Kier molecular flexibility index (Phi) is 10.1. The lowest BCUT2D eigenvalue weighted by molar-refractivity contribution is 0.0854. The lowest BCUT2D eigenvalue weighted by Gasteiger charge is -2.27. The average molecular weight is 573 g/mol. The fraction of sp³-hybridized carbons (Fsp3) is 0.406. The first-order chi connectivity index (χ1) is 20.5. The Morgan fingerprint density at radius 2 is 1.81 bits per heavy atom.